The number of aryl methyl sites for hydroxylation is 1. The Morgan fingerprint density at radius 3 is 2.85 bits per heavy atom. The molecule has 2 saturated heterocycles. The highest BCUT2D eigenvalue weighted by molar-refractivity contribution is 4.92. The summed E-state index contributed by atoms with van der Waals surface area (Å²) in [7, 11) is 0. The smallest absolute Gasteiger partial charge is 0.171 e. The van der Waals surface area contributed by atoms with E-state index in [-0.39, 0.29) is 0 Å². The van der Waals surface area contributed by atoms with Crippen molar-refractivity contribution in [2.45, 2.75) is 19.4 Å². The van der Waals surface area contributed by atoms with E-state index in [2.05, 4.69) is 20.3 Å². The van der Waals surface area contributed by atoms with Crippen molar-refractivity contribution in [1.29, 1.82) is 0 Å². The van der Waals surface area contributed by atoms with Gasteiger partial charge in [0.25, 0.3) is 0 Å². The topological polar surface area (TPSA) is 46.8 Å². The molecule has 0 aliphatic carbocycles. The quantitative estimate of drug-likeness (QED) is 0.602. The summed E-state index contributed by atoms with van der Waals surface area (Å²) in [6, 6.07) is 0.481. The van der Waals surface area contributed by atoms with E-state index < -0.39 is 0 Å². The van der Waals surface area contributed by atoms with E-state index in [0.717, 1.165) is 18.3 Å². The molecule has 0 saturated carbocycles. The summed E-state index contributed by atoms with van der Waals surface area (Å²) in [5.41, 5.74) is 0. The van der Waals surface area contributed by atoms with Crippen LogP contribution in [0.25, 0.3) is 0 Å². The molecule has 0 radical (unpaired) electrons. The molecular weight excluding hydrogens is 166 g/mol. The fourth-order valence-corrected chi connectivity index (χ4v) is 2.46. The van der Waals surface area contributed by atoms with Crippen molar-refractivity contribution in [2.24, 2.45) is 5.92 Å². The lowest BCUT2D eigenvalue weighted by molar-refractivity contribution is 0.263. The Hall–Kier alpha value is -0.970. The van der Waals surface area contributed by atoms with Crippen LogP contribution < -0.4 is 0 Å². The summed E-state index contributed by atoms with van der Waals surface area (Å²) in [4.78, 5) is 4.28. The second-order valence-electron chi connectivity index (χ2n) is 4.03. The lowest BCUT2D eigenvalue weighted by Gasteiger charge is -2.20. The van der Waals surface area contributed by atoms with Crippen molar-refractivity contribution < 1.29 is 0 Å². The van der Waals surface area contributed by atoms with E-state index in [9.17, 15) is 0 Å². The molecule has 0 amide bonds. The lowest BCUT2D eigenvalue weighted by atomic mass is 10.0. The zero-order valence-electron chi connectivity index (χ0n) is 7.72. The van der Waals surface area contributed by atoms with Crippen molar-refractivity contribution in [2.75, 3.05) is 19.6 Å². The molecule has 2 aliphatic rings. The molecule has 2 aliphatic heterocycles. The van der Waals surface area contributed by atoms with E-state index in [0.29, 0.717) is 6.04 Å². The first-order valence-corrected chi connectivity index (χ1v) is 4.81. The van der Waals surface area contributed by atoms with Crippen LogP contribution >= 0.6 is 0 Å². The summed E-state index contributed by atoms with van der Waals surface area (Å²) in [6.07, 6.45) is 1.30. The van der Waals surface area contributed by atoms with Crippen molar-refractivity contribution in [3.63, 3.8) is 0 Å². The molecule has 2 fully saturated rings. The fraction of sp³-hybridized carbons (Fsp3) is 0.875. The molecule has 13 heavy (non-hydrogen) atoms. The van der Waals surface area contributed by atoms with Crippen LogP contribution in [0.3, 0.4) is 0 Å². The Kier molecular flexibility index (Phi) is 1.44. The van der Waals surface area contributed by atoms with Gasteiger partial charge in [-0.1, -0.05) is 0 Å². The molecule has 0 N–H and O–H groups in total. The van der Waals surface area contributed by atoms with E-state index in [1.54, 1.807) is 4.80 Å². The third-order valence-electron chi connectivity index (χ3n) is 3.12. The number of rotatable bonds is 1. The Morgan fingerprint density at radius 1 is 1.38 bits per heavy atom. The van der Waals surface area contributed by atoms with Gasteiger partial charge in [-0.05, 0) is 31.0 Å². The highest BCUT2D eigenvalue weighted by atomic mass is 15.6. The lowest BCUT2D eigenvalue weighted by Crippen LogP contribution is -2.27. The second kappa shape index (κ2) is 2.51. The average Bonchev–Trinajstić information content (AvgIpc) is 2.77. The molecule has 1 unspecified atom stereocenters. The zero-order valence-corrected chi connectivity index (χ0v) is 7.72. The van der Waals surface area contributed by atoms with Gasteiger partial charge in [-0.25, -0.2) is 0 Å². The number of fused-ring (bicyclic) bond motifs is 2. The molecule has 3 atom stereocenters. The first kappa shape index (κ1) is 7.44. The van der Waals surface area contributed by atoms with E-state index >= 15 is 0 Å². The molecule has 3 heterocycles. The van der Waals surface area contributed by atoms with E-state index in [4.69, 9.17) is 0 Å². The number of hydrogen-bond donors (Lipinski definition) is 0. The predicted molar refractivity (Wildman–Crippen MR) is 46.1 cm³/mol. The first-order chi connectivity index (χ1) is 6.33. The van der Waals surface area contributed by atoms with E-state index in [1.165, 1.54) is 19.5 Å². The number of hydrogen-bond acceptors (Lipinski definition) is 4. The van der Waals surface area contributed by atoms with Gasteiger partial charge in [0, 0.05) is 13.1 Å². The normalized spacial score (nSPS) is 37.2. The third-order valence-corrected chi connectivity index (χ3v) is 3.12. The van der Waals surface area contributed by atoms with Gasteiger partial charge in [-0.3, -0.25) is 0 Å². The minimum absolute atomic E-state index is 0.481. The number of nitrogens with zero attached hydrogens (tertiary/aromatic N) is 5. The van der Waals surface area contributed by atoms with Crippen LogP contribution in [-0.2, 0) is 0 Å². The van der Waals surface area contributed by atoms with Crippen LogP contribution in [0.2, 0.25) is 0 Å². The largest absolute Gasteiger partial charge is 0.301 e. The maximum absolute atomic E-state index is 4.28. The Bertz CT molecular complexity index is 320. The Labute approximate surface area is 76.7 Å². The van der Waals surface area contributed by atoms with Crippen LogP contribution in [0.4, 0.5) is 0 Å². The molecule has 3 rings (SSSR count). The van der Waals surface area contributed by atoms with Crippen LogP contribution in [-0.4, -0.2) is 44.7 Å². The van der Waals surface area contributed by atoms with Gasteiger partial charge in [-0.2, -0.15) is 4.80 Å². The molecular formula is C8H13N5. The molecule has 70 valence electrons. The van der Waals surface area contributed by atoms with Gasteiger partial charge < -0.3 is 4.90 Å². The standard InChI is InChI=1S/C8H13N5/c1-6-9-11-13(10-6)8-5-12-3-2-7(8)4-12/h7-8H,2-5H2,1H3/t7-,8-/m0/s1. The van der Waals surface area contributed by atoms with Gasteiger partial charge in [-0.15, -0.1) is 10.2 Å². The summed E-state index contributed by atoms with van der Waals surface area (Å²) >= 11 is 0. The highest BCUT2D eigenvalue weighted by Gasteiger charge is 2.40. The van der Waals surface area contributed by atoms with E-state index in [1.807, 2.05) is 6.92 Å². The van der Waals surface area contributed by atoms with Crippen molar-refractivity contribution in [3.05, 3.63) is 5.82 Å². The molecule has 0 spiro atoms. The van der Waals surface area contributed by atoms with Crippen LogP contribution in [0.1, 0.15) is 18.3 Å². The zero-order chi connectivity index (χ0) is 8.84. The summed E-state index contributed by atoms with van der Waals surface area (Å²) in [5, 5.41) is 12.3. The van der Waals surface area contributed by atoms with Crippen LogP contribution in [0.15, 0.2) is 0 Å². The number of aromatic nitrogens is 4. The fourth-order valence-electron chi connectivity index (χ4n) is 2.46. The van der Waals surface area contributed by atoms with Gasteiger partial charge in [0.2, 0.25) is 0 Å². The van der Waals surface area contributed by atoms with Crippen molar-refractivity contribution in [1.82, 2.24) is 25.1 Å². The average molecular weight is 179 g/mol. The molecule has 5 heteroatoms. The Morgan fingerprint density at radius 2 is 2.31 bits per heavy atom. The van der Waals surface area contributed by atoms with Gasteiger partial charge in [0.05, 0.1) is 6.04 Å². The molecule has 2 bridgehead atoms. The predicted octanol–water partition coefficient (Wildman–Crippen LogP) is -0.142. The van der Waals surface area contributed by atoms with Crippen molar-refractivity contribution >= 4 is 0 Å². The molecule has 0 aromatic carbocycles. The first-order valence-electron chi connectivity index (χ1n) is 4.81. The highest BCUT2D eigenvalue weighted by Crippen LogP contribution is 2.34. The van der Waals surface area contributed by atoms with Gasteiger partial charge in [0.1, 0.15) is 0 Å². The summed E-state index contributed by atoms with van der Waals surface area (Å²) < 4.78 is 0. The SMILES string of the molecule is Cc1nnn([C@H]2CN3CC[C@H]2C3)n1. The maximum Gasteiger partial charge on any atom is 0.171 e. The van der Waals surface area contributed by atoms with Crippen molar-refractivity contribution in [3.8, 4) is 0 Å². The maximum atomic E-state index is 4.28. The Balaban J connectivity index is 1.87. The van der Waals surface area contributed by atoms with Crippen LogP contribution in [0.5, 0.6) is 0 Å². The summed E-state index contributed by atoms with van der Waals surface area (Å²) in [5.74, 6) is 1.53. The number of piperidine rings is 1. The third kappa shape index (κ3) is 1.07. The van der Waals surface area contributed by atoms with Gasteiger partial charge in [0.15, 0.2) is 5.82 Å². The minimum Gasteiger partial charge on any atom is -0.301 e. The van der Waals surface area contributed by atoms with Crippen LogP contribution in [0, 0.1) is 12.8 Å². The monoisotopic (exact) mass is 179 g/mol. The minimum atomic E-state index is 0.481. The summed E-state index contributed by atoms with van der Waals surface area (Å²) in [6.45, 7) is 5.48. The second-order valence-corrected chi connectivity index (χ2v) is 4.03. The number of tetrazole rings is 1. The van der Waals surface area contributed by atoms with Gasteiger partial charge >= 0.3 is 0 Å². The molecule has 1 aromatic heterocycles. The molecule has 1 aromatic rings. The molecule has 5 nitrogen and oxygen atoms in total.